The Morgan fingerprint density at radius 3 is 2.24 bits per heavy atom. The molecular weight excluding hydrogens is 554 g/mol. The molecule has 0 spiro atoms. The first-order valence-electron chi connectivity index (χ1n) is 17.8. The fraction of sp³-hybridized carbons (Fsp3) is 0.610. The average Bonchev–Trinajstić information content (AvgIpc) is 3.47. The minimum atomic E-state index is -0.866. The SMILES string of the molecule is CN(Cc1ccccc1)C(=O)[C@]12CCCC1[C@H]1CCC3[C@@](C)(CCC4C(C)(C)C(c5ccc(C(=O)O)cc5)=CC[C@@]43C)C1CC2. The Bertz CT molecular complexity index is 1490. The van der Waals surface area contributed by atoms with Crippen LogP contribution < -0.4 is 0 Å². The third-order valence-corrected chi connectivity index (χ3v) is 14.6. The molecular formula is C41H53NO3. The van der Waals surface area contributed by atoms with Crippen LogP contribution in [0.4, 0.5) is 0 Å². The zero-order valence-corrected chi connectivity index (χ0v) is 28.1. The monoisotopic (exact) mass is 607 g/mol. The Hall–Kier alpha value is -2.88. The van der Waals surface area contributed by atoms with E-state index < -0.39 is 5.97 Å². The summed E-state index contributed by atoms with van der Waals surface area (Å²) in [5, 5.41) is 9.43. The zero-order chi connectivity index (χ0) is 31.8. The highest BCUT2D eigenvalue weighted by atomic mass is 16.4. The third-order valence-electron chi connectivity index (χ3n) is 14.6. The van der Waals surface area contributed by atoms with Gasteiger partial charge in [-0.05, 0) is 132 Å². The van der Waals surface area contributed by atoms with Crippen molar-refractivity contribution < 1.29 is 14.7 Å². The van der Waals surface area contributed by atoms with Crippen LogP contribution >= 0.6 is 0 Å². The lowest BCUT2D eigenvalue weighted by Crippen LogP contribution is -2.62. The van der Waals surface area contributed by atoms with Gasteiger partial charge in [-0.25, -0.2) is 4.79 Å². The Labute approximate surface area is 270 Å². The Morgan fingerprint density at radius 1 is 0.800 bits per heavy atom. The summed E-state index contributed by atoms with van der Waals surface area (Å²) in [5.74, 6) is 2.77. The quantitative estimate of drug-likeness (QED) is 0.368. The van der Waals surface area contributed by atoms with Gasteiger partial charge in [0.05, 0.1) is 11.0 Å². The maximum Gasteiger partial charge on any atom is 0.335 e. The van der Waals surface area contributed by atoms with E-state index in [1.165, 1.54) is 61.6 Å². The first-order chi connectivity index (χ1) is 21.4. The molecule has 2 aromatic rings. The van der Waals surface area contributed by atoms with E-state index in [2.05, 4.69) is 62.9 Å². The van der Waals surface area contributed by atoms with Gasteiger partial charge in [-0.3, -0.25) is 4.79 Å². The molecule has 0 radical (unpaired) electrons. The van der Waals surface area contributed by atoms with E-state index in [0.29, 0.717) is 47.1 Å². The van der Waals surface area contributed by atoms with Crippen LogP contribution in [0.1, 0.15) is 113 Å². The number of allylic oxidation sites excluding steroid dienone is 2. The number of rotatable bonds is 5. The number of carbonyl (C=O) groups is 2. The largest absolute Gasteiger partial charge is 0.478 e. The molecule has 1 N–H and O–H groups in total. The molecule has 2 aromatic carbocycles. The molecule has 4 saturated carbocycles. The van der Waals surface area contributed by atoms with Crippen molar-refractivity contribution in [3.63, 3.8) is 0 Å². The van der Waals surface area contributed by atoms with E-state index in [1.807, 2.05) is 25.2 Å². The molecule has 0 aliphatic heterocycles. The van der Waals surface area contributed by atoms with Crippen molar-refractivity contribution in [2.24, 2.45) is 51.2 Å². The highest BCUT2D eigenvalue weighted by Crippen LogP contribution is 2.73. The Morgan fingerprint density at radius 2 is 1.53 bits per heavy atom. The molecule has 4 nitrogen and oxygen atoms in total. The van der Waals surface area contributed by atoms with E-state index in [9.17, 15) is 14.7 Å². The van der Waals surface area contributed by atoms with Gasteiger partial charge in [-0.1, -0.05) is 82.7 Å². The fourth-order valence-electron chi connectivity index (χ4n) is 12.8. The minimum absolute atomic E-state index is 0.0266. The van der Waals surface area contributed by atoms with Crippen LogP contribution in [0.2, 0.25) is 0 Å². The van der Waals surface area contributed by atoms with Gasteiger partial charge in [0.1, 0.15) is 0 Å². The summed E-state index contributed by atoms with van der Waals surface area (Å²) in [7, 11) is 2.04. The van der Waals surface area contributed by atoms with Crippen LogP contribution in [0.5, 0.6) is 0 Å². The second-order valence-corrected chi connectivity index (χ2v) is 16.8. The number of nitrogens with zero attached hydrogens (tertiary/aromatic N) is 1. The molecule has 4 fully saturated rings. The van der Waals surface area contributed by atoms with Gasteiger partial charge in [-0.2, -0.15) is 0 Å². The predicted molar refractivity (Wildman–Crippen MR) is 180 cm³/mol. The van der Waals surface area contributed by atoms with Gasteiger partial charge in [-0.15, -0.1) is 0 Å². The summed E-state index contributed by atoms with van der Waals surface area (Å²) < 4.78 is 0. The lowest BCUT2D eigenvalue weighted by Gasteiger charge is -2.68. The zero-order valence-electron chi connectivity index (χ0n) is 28.1. The van der Waals surface area contributed by atoms with Gasteiger partial charge in [0.25, 0.3) is 0 Å². The maximum absolute atomic E-state index is 14.3. The Kier molecular flexibility index (Phi) is 7.41. The summed E-state index contributed by atoms with van der Waals surface area (Å²) in [4.78, 5) is 27.9. The molecule has 0 bridgehead atoms. The van der Waals surface area contributed by atoms with Gasteiger partial charge < -0.3 is 10.0 Å². The highest BCUT2D eigenvalue weighted by Gasteiger charge is 2.66. The second-order valence-electron chi connectivity index (χ2n) is 16.8. The van der Waals surface area contributed by atoms with E-state index in [0.717, 1.165) is 25.2 Å². The van der Waals surface area contributed by atoms with Crippen LogP contribution in [-0.4, -0.2) is 28.9 Å². The summed E-state index contributed by atoms with van der Waals surface area (Å²) in [5.41, 5.74) is 4.59. The van der Waals surface area contributed by atoms with E-state index >= 15 is 0 Å². The van der Waals surface area contributed by atoms with E-state index in [1.54, 1.807) is 12.1 Å². The lowest BCUT2D eigenvalue weighted by atomic mass is 9.36. The van der Waals surface area contributed by atoms with Gasteiger partial charge >= 0.3 is 5.97 Å². The van der Waals surface area contributed by atoms with Crippen molar-refractivity contribution >= 4 is 17.4 Å². The van der Waals surface area contributed by atoms with E-state index in [-0.39, 0.29) is 16.2 Å². The number of carboxylic acid groups (broad SMARTS) is 1. The number of benzene rings is 2. The molecule has 0 saturated heterocycles. The highest BCUT2D eigenvalue weighted by molar-refractivity contribution is 5.88. The van der Waals surface area contributed by atoms with Crippen molar-refractivity contribution in [3.8, 4) is 0 Å². The Balaban J connectivity index is 1.14. The van der Waals surface area contributed by atoms with E-state index in [4.69, 9.17) is 0 Å². The number of aromatic carboxylic acids is 1. The van der Waals surface area contributed by atoms with Gasteiger partial charge in [0.2, 0.25) is 5.91 Å². The molecule has 4 heteroatoms. The van der Waals surface area contributed by atoms with Crippen LogP contribution in [0.3, 0.4) is 0 Å². The normalized spacial score (nSPS) is 38.2. The number of fused-ring (bicyclic) bond motifs is 7. The van der Waals surface area contributed by atoms with Crippen LogP contribution in [0.25, 0.3) is 5.57 Å². The molecule has 1 amide bonds. The van der Waals surface area contributed by atoms with Crippen molar-refractivity contribution in [1.29, 1.82) is 0 Å². The molecule has 7 rings (SSSR count). The summed E-state index contributed by atoms with van der Waals surface area (Å²) >= 11 is 0. The van der Waals surface area contributed by atoms with Crippen LogP contribution in [0.15, 0.2) is 60.7 Å². The smallest absolute Gasteiger partial charge is 0.335 e. The van der Waals surface area contributed by atoms with Gasteiger partial charge in [0.15, 0.2) is 0 Å². The fourth-order valence-corrected chi connectivity index (χ4v) is 12.8. The van der Waals surface area contributed by atoms with Crippen molar-refractivity contribution in [1.82, 2.24) is 4.90 Å². The van der Waals surface area contributed by atoms with Crippen molar-refractivity contribution in [3.05, 3.63) is 77.4 Å². The molecule has 8 atom stereocenters. The number of amides is 1. The molecule has 5 aliphatic rings. The summed E-state index contributed by atoms with van der Waals surface area (Å²) in [6, 6.07) is 18.0. The number of hydrogen-bond donors (Lipinski definition) is 1. The van der Waals surface area contributed by atoms with Crippen molar-refractivity contribution in [2.75, 3.05) is 7.05 Å². The van der Waals surface area contributed by atoms with Crippen molar-refractivity contribution in [2.45, 2.75) is 98.4 Å². The topological polar surface area (TPSA) is 57.6 Å². The molecule has 45 heavy (non-hydrogen) atoms. The first-order valence-corrected chi connectivity index (χ1v) is 17.8. The molecule has 4 unspecified atom stereocenters. The first kappa shape index (κ1) is 30.8. The van der Waals surface area contributed by atoms with Crippen LogP contribution in [-0.2, 0) is 11.3 Å². The molecule has 240 valence electrons. The number of hydrogen-bond acceptors (Lipinski definition) is 2. The standard InChI is InChI=1S/C41H53NO3/c1-38(2)31(28-13-15-29(16-14-28)36(43)44)19-23-40(4)34(38)21-24-39(3)32-20-25-41(22-9-12-33(41)30(32)17-18-35(39)40)37(45)42(5)26-27-10-7-6-8-11-27/h6-8,10-11,13-16,19,30,32-35H,9,12,17-18,20-26H2,1-5H3,(H,43,44)/t30-,32?,33?,34?,35?,39-,40-,41-/m0/s1. The maximum atomic E-state index is 14.3. The molecule has 0 heterocycles. The summed E-state index contributed by atoms with van der Waals surface area (Å²) in [6.45, 7) is 10.9. The number of carboxylic acids is 1. The third kappa shape index (κ3) is 4.59. The minimum Gasteiger partial charge on any atom is -0.478 e. The number of carbonyl (C=O) groups excluding carboxylic acids is 1. The lowest BCUT2D eigenvalue weighted by molar-refractivity contribution is -0.184. The van der Waals surface area contributed by atoms with Crippen LogP contribution in [0, 0.1) is 51.2 Å². The molecule has 5 aliphatic carbocycles. The van der Waals surface area contributed by atoms with Gasteiger partial charge in [0, 0.05) is 13.6 Å². The predicted octanol–water partition coefficient (Wildman–Crippen LogP) is 9.50. The summed E-state index contributed by atoms with van der Waals surface area (Å²) in [6.07, 6.45) is 14.5. The second kappa shape index (κ2) is 10.8. The molecule has 0 aromatic heterocycles. The average molecular weight is 608 g/mol.